The summed E-state index contributed by atoms with van der Waals surface area (Å²) < 4.78 is 29.3. The topological polar surface area (TPSA) is 87.5 Å². The average molecular weight is 203 g/mol. The Morgan fingerprint density at radius 2 is 2.23 bits per heavy atom. The highest BCUT2D eigenvalue weighted by Crippen LogP contribution is 2.04. The van der Waals surface area contributed by atoms with Gasteiger partial charge in [-0.1, -0.05) is 6.07 Å². The molecule has 1 aromatic rings. The molecule has 0 fully saturated rings. The first kappa shape index (κ1) is 10.1. The van der Waals surface area contributed by atoms with Gasteiger partial charge in [0.15, 0.2) is 5.44 Å². The van der Waals surface area contributed by atoms with E-state index in [1.165, 1.54) is 12.4 Å². The molecular weight excluding hydrogens is 194 g/mol. The molecule has 6 heteroatoms. The number of hydrogen-bond donors (Lipinski definition) is 2. The average Bonchev–Trinajstić information content (AvgIpc) is 2.04. The van der Waals surface area contributed by atoms with Gasteiger partial charge >= 0.3 is 0 Å². The van der Waals surface area contributed by atoms with E-state index in [2.05, 4.69) is 4.98 Å². The molecule has 1 heterocycles. The lowest BCUT2D eigenvalue weighted by Crippen LogP contribution is -2.22. The van der Waals surface area contributed by atoms with Crippen molar-refractivity contribution in [3.8, 4) is 0 Å². The van der Waals surface area contributed by atoms with E-state index >= 15 is 0 Å². The van der Waals surface area contributed by atoms with Crippen LogP contribution >= 0.6 is 0 Å². The van der Waals surface area contributed by atoms with Crippen LogP contribution in [0.1, 0.15) is 5.56 Å². The van der Waals surface area contributed by atoms with Gasteiger partial charge in [0.25, 0.3) is 10.1 Å². The van der Waals surface area contributed by atoms with E-state index in [1.807, 2.05) is 0 Å². The minimum absolute atomic E-state index is 0.160. The molecule has 0 spiro atoms. The number of nitrogens with zero attached hydrogens (tertiary/aromatic N) is 1. The normalized spacial score (nSPS) is 14.0. The van der Waals surface area contributed by atoms with Crippen molar-refractivity contribution in [2.24, 2.45) is 0 Å². The predicted octanol–water partition coefficient (Wildman–Crippen LogP) is -0.170. The monoisotopic (exact) mass is 203 g/mol. The molecule has 0 bridgehead atoms. The van der Waals surface area contributed by atoms with Crippen molar-refractivity contribution in [3.63, 3.8) is 0 Å². The third-order valence-corrected chi connectivity index (χ3v) is 2.33. The standard InChI is InChI=1S/C7H9NO4S/c9-7(13(10,11)12)4-6-2-1-3-8-5-6/h1-3,5,7,9H,4H2,(H,10,11,12). The van der Waals surface area contributed by atoms with Crippen molar-refractivity contribution in [3.05, 3.63) is 30.1 Å². The Balaban J connectivity index is 2.72. The van der Waals surface area contributed by atoms with E-state index in [0.29, 0.717) is 5.56 Å². The molecule has 0 amide bonds. The molecular formula is C7H9NO4S. The fraction of sp³-hybridized carbons (Fsp3) is 0.286. The van der Waals surface area contributed by atoms with Gasteiger partial charge in [-0.3, -0.25) is 9.54 Å². The number of aliphatic hydroxyl groups excluding tert-OH is 1. The lowest BCUT2D eigenvalue weighted by Gasteiger charge is -2.05. The molecule has 0 aliphatic rings. The van der Waals surface area contributed by atoms with Crippen molar-refractivity contribution >= 4 is 10.1 Å². The van der Waals surface area contributed by atoms with Crippen molar-refractivity contribution in [2.75, 3.05) is 0 Å². The van der Waals surface area contributed by atoms with Gasteiger partial charge in [0, 0.05) is 18.8 Å². The molecule has 0 radical (unpaired) electrons. The molecule has 0 saturated carbocycles. The molecule has 2 N–H and O–H groups in total. The van der Waals surface area contributed by atoms with Gasteiger partial charge in [-0.2, -0.15) is 8.42 Å². The summed E-state index contributed by atoms with van der Waals surface area (Å²) in [5.41, 5.74) is -1.23. The van der Waals surface area contributed by atoms with Gasteiger partial charge < -0.3 is 5.11 Å². The second-order valence-electron chi connectivity index (χ2n) is 2.54. The van der Waals surface area contributed by atoms with E-state index in [9.17, 15) is 8.42 Å². The second kappa shape index (κ2) is 3.82. The smallest absolute Gasteiger partial charge is 0.292 e. The van der Waals surface area contributed by atoms with Crippen LogP contribution in [0.4, 0.5) is 0 Å². The quantitative estimate of drug-likeness (QED) is 0.666. The molecule has 5 nitrogen and oxygen atoms in total. The van der Waals surface area contributed by atoms with Gasteiger partial charge in [0.05, 0.1) is 0 Å². The summed E-state index contributed by atoms with van der Waals surface area (Å²) in [6, 6.07) is 3.23. The van der Waals surface area contributed by atoms with Crippen LogP contribution in [-0.2, 0) is 16.5 Å². The molecule has 0 saturated heterocycles. The lowest BCUT2D eigenvalue weighted by molar-refractivity contribution is 0.233. The molecule has 1 unspecified atom stereocenters. The molecule has 1 atom stereocenters. The number of aliphatic hydroxyl groups is 1. The third-order valence-electron chi connectivity index (χ3n) is 1.48. The number of pyridine rings is 1. The van der Waals surface area contributed by atoms with Crippen molar-refractivity contribution in [1.82, 2.24) is 4.98 Å². The maximum absolute atomic E-state index is 10.4. The second-order valence-corrected chi connectivity index (χ2v) is 4.11. The van der Waals surface area contributed by atoms with E-state index in [-0.39, 0.29) is 6.42 Å². The fourth-order valence-electron chi connectivity index (χ4n) is 0.826. The van der Waals surface area contributed by atoms with Crippen LogP contribution in [0, 0.1) is 0 Å². The fourth-order valence-corrected chi connectivity index (χ4v) is 1.23. The van der Waals surface area contributed by atoms with Crippen molar-refractivity contribution < 1.29 is 18.1 Å². The molecule has 1 rings (SSSR count). The zero-order valence-electron chi connectivity index (χ0n) is 6.66. The largest absolute Gasteiger partial charge is 0.375 e. The number of rotatable bonds is 3. The molecule has 72 valence electrons. The first-order valence-corrected chi connectivity index (χ1v) is 5.04. The van der Waals surface area contributed by atoms with E-state index in [1.54, 1.807) is 12.1 Å². The first-order chi connectivity index (χ1) is 6.00. The van der Waals surface area contributed by atoms with Crippen LogP contribution in [-0.4, -0.2) is 28.5 Å². The Morgan fingerprint density at radius 3 is 2.69 bits per heavy atom. The minimum atomic E-state index is -4.37. The Hall–Kier alpha value is -0.980. The molecule has 0 aliphatic heterocycles. The Kier molecular flexibility index (Phi) is 2.97. The van der Waals surface area contributed by atoms with E-state index in [0.717, 1.165) is 0 Å². The van der Waals surface area contributed by atoms with Gasteiger partial charge in [-0.25, -0.2) is 0 Å². The Bertz CT molecular complexity index is 361. The SMILES string of the molecule is O=S(=O)(O)C(O)Cc1cccnc1. The van der Waals surface area contributed by atoms with Gasteiger partial charge in [-0.15, -0.1) is 0 Å². The van der Waals surface area contributed by atoms with Crippen LogP contribution in [0.3, 0.4) is 0 Å². The Labute approximate surface area is 75.8 Å². The Morgan fingerprint density at radius 1 is 1.54 bits per heavy atom. The highest BCUT2D eigenvalue weighted by Gasteiger charge is 2.19. The van der Waals surface area contributed by atoms with Crippen LogP contribution < -0.4 is 0 Å². The van der Waals surface area contributed by atoms with Gasteiger partial charge in [0.2, 0.25) is 0 Å². The van der Waals surface area contributed by atoms with E-state index < -0.39 is 15.6 Å². The molecule has 0 aromatic carbocycles. The van der Waals surface area contributed by atoms with Gasteiger partial charge in [-0.05, 0) is 11.6 Å². The van der Waals surface area contributed by atoms with Crippen molar-refractivity contribution in [2.45, 2.75) is 11.9 Å². The van der Waals surface area contributed by atoms with Crippen LogP contribution in [0.15, 0.2) is 24.5 Å². The van der Waals surface area contributed by atoms with E-state index in [4.69, 9.17) is 9.66 Å². The predicted molar refractivity (Wildman–Crippen MR) is 45.5 cm³/mol. The van der Waals surface area contributed by atoms with Gasteiger partial charge in [0.1, 0.15) is 0 Å². The zero-order valence-corrected chi connectivity index (χ0v) is 7.48. The van der Waals surface area contributed by atoms with Crippen LogP contribution in [0.5, 0.6) is 0 Å². The van der Waals surface area contributed by atoms with Crippen molar-refractivity contribution in [1.29, 1.82) is 0 Å². The molecule has 0 aliphatic carbocycles. The minimum Gasteiger partial charge on any atom is -0.375 e. The summed E-state index contributed by atoms with van der Waals surface area (Å²) in [5.74, 6) is 0. The highest BCUT2D eigenvalue weighted by molar-refractivity contribution is 7.86. The molecule has 1 aromatic heterocycles. The first-order valence-electron chi connectivity index (χ1n) is 3.53. The summed E-state index contributed by atoms with van der Waals surface area (Å²) in [5, 5.41) is 8.97. The molecule has 13 heavy (non-hydrogen) atoms. The summed E-state index contributed by atoms with van der Waals surface area (Å²) >= 11 is 0. The van der Waals surface area contributed by atoms with Crippen LogP contribution in [0.25, 0.3) is 0 Å². The maximum Gasteiger partial charge on any atom is 0.292 e. The summed E-state index contributed by atoms with van der Waals surface area (Å²) in [4.78, 5) is 3.73. The summed E-state index contributed by atoms with van der Waals surface area (Å²) in [6.07, 6.45) is 2.80. The number of hydrogen-bond acceptors (Lipinski definition) is 4. The summed E-state index contributed by atoms with van der Waals surface area (Å²) in [6.45, 7) is 0. The zero-order chi connectivity index (χ0) is 9.90. The lowest BCUT2D eigenvalue weighted by atomic mass is 10.2. The maximum atomic E-state index is 10.4. The summed E-state index contributed by atoms with van der Waals surface area (Å²) in [7, 11) is -4.37. The van der Waals surface area contributed by atoms with Crippen LogP contribution in [0.2, 0.25) is 0 Å². The third kappa shape index (κ3) is 3.10. The number of aromatic nitrogens is 1. The highest BCUT2D eigenvalue weighted by atomic mass is 32.2.